The van der Waals surface area contributed by atoms with E-state index in [0.717, 1.165) is 6.54 Å². The summed E-state index contributed by atoms with van der Waals surface area (Å²) < 4.78 is 4.63. The molecular formula is C10H16ClNO2. The number of carbonyl (C=O) groups excluding carboxylic acids is 1. The van der Waals surface area contributed by atoms with Crippen LogP contribution in [-0.2, 0) is 9.53 Å². The first-order valence-corrected chi connectivity index (χ1v) is 4.80. The Bertz CT molecular complexity index is 245. The van der Waals surface area contributed by atoms with Gasteiger partial charge in [0.1, 0.15) is 0 Å². The van der Waals surface area contributed by atoms with Crippen LogP contribution in [0.2, 0.25) is 0 Å². The van der Waals surface area contributed by atoms with E-state index in [1.54, 1.807) is 6.08 Å². The molecule has 3 fully saturated rings. The molecule has 0 aromatic rings. The van der Waals surface area contributed by atoms with E-state index in [4.69, 9.17) is 0 Å². The van der Waals surface area contributed by atoms with E-state index in [1.165, 1.54) is 38.6 Å². The van der Waals surface area contributed by atoms with Crippen LogP contribution >= 0.6 is 12.4 Å². The highest BCUT2D eigenvalue weighted by molar-refractivity contribution is 5.85. The van der Waals surface area contributed by atoms with Crippen LogP contribution in [0.3, 0.4) is 0 Å². The van der Waals surface area contributed by atoms with Crippen LogP contribution in [0.4, 0.5) is 0 Å². The average molecular weight is 218 g/mol. The zero-order valence-electron chi connectivity index (χ0n) is 8.36. The number of fused-ring (bicyclic) bond motifs is 3. The molecule has 0 aromatic heterocycles. The van der Waals surface area contributed by atoms with Gasteiger partial charge in [0.15, 0.2) is 0 Å². The van der Waals surface area contributed by atoms with Crippen molar-refractivity contribution >= 4 is 18.4 Å². The standard InChI is InChI=1S/C10H15NO2.ClH/c1-13-10(12)6-9-7-11-4-2-8(9)3-5-11;/h6,8H,2-5,7H2,1H3;1H. The van der Waals surface area contributed by atoms with E-state index in [9.17, 15) is 4.79 Å². The molecule has 4 heteroatoms. The Morgan fingerprint density at radius 2 is 2.14 bits per heavy atom. The fourth-order valence-corrected chi connectivity index (χ4v) is 2.22. The lowest BCUT2D eigenvalue weighted by molar-refractivity contribution is -0.135. The minimum atomic E-state index is -0.205. The van der Waals surface area contributed by atoms with Crippen molar-refractivity contribution in [2.75, 3.05) is 26.7 Å². The monoisotopic (exact) mass is 217 g/mol. The first kappa shape index (κ1) is 11.5. The summed E-state index contributed by atoms with van der Waals surface area (Å²) in [6, 6.07) is 0. The first-order chi connectivity index (χ1) is 6.29. The quantitative estimate of drug-likeness (QED) is 0.489. The van der Waals surface area contributed by atoms with Crippen molar-refractivity contribution in [3.8, 4) is 0 Å². The van der Waals surface area contributed by atoms with E-state index in [1.807, 2.05) is 0 Å². The van der Waals surface area contributed by atoms with Gasteiger partial charge in [-0.05, 0) is 37.4 Å². The lowest BCUT2D eigenvalue weighted by Crippen LogP contribution is -2.43. The molecule has 3 aliphatic heterocycles. The van der Waals surface area contributed by atoms with Gasteiger partial charge in [-0.25, -0.2) is 4.79 Å². The molecule has 0 amide bonds. The molecule has 0 aromatic carbocycles. The predicted octanol–water partition coefficient (Wildman–Crippen LogP) is 1.23. The number of hydrogen-bond donors (Lipinski definition) is 0. The van der Waals surface area contributed by atoms with Gasteiger partial charge in [-0.1, -0.05) is 0 Å². The Labute approximate surface area is 90.5 Å². The summed E-state index contributed by atoms with van der Waals surface area (Å²) in [6.07, 6.45) is 4.10. The number of hydrogen-bond acceptors (Lipinski definition) is 3. The van der Waals surface area contributed by atoms with Crippen LogP contribution in [0.25, 0.3) is 0 Å². The smallest absolute Gasteiger partial charge is 0.330 e. The van der Waals surface area contributed by atoms with E-state index in [0.29, 0.717) is 5.92 Å². The highest BCUT2D eigenvalue weighted by Gasteiger charge is 2.29. The van der Waals surface area contributed by atoms with Crippen molar-refractivity contribution < 1.29 is 9.53 Å². The molecule has 2 bridgehead atoms. The van der Waals surface area contributed by atoms with E-state index in [-0.39, 0.29) is 18.4 Å². The Kier molecular flexibility index (Phi) is 3.96. The average Bonchev–Trinajstić information content (AvgIpc) is 2.19. The van der Waals surface area contributed by atoms with Gasteiger partial charge in [-0.15, -0.1) is 12.4 Å². The first-order valence-electron chi connectivity index (χ1n) is 4.80. The number of carbonyl (C=O) groups is 1. The SMILES string of the molecule is COC(=O)C=C1CN2CCC1CC2.Cl. The summed E-state index contributed by atoms with van der Waals surface area (Å²) in [5, 5.41) is 0. The van der Waals surface area contributed by atoms with E-state index in [2.05, 4.69) is 9.64 Å². The molecule has 14 heavy (non-hydrogen) atoms. The van der Waals surface area contributed by atoms with Crippen molar-refractivity contribution in [2.24, 2.45) is 5.92 Å². The van der Waals surface area contributed by atoms with Crippen molar-refractivity contribution in [2.45, 2.75) is 12.8 Å². The fraction of sp³-hybridized carbons (Fsp3) is 0.700. The van der Waals surface area contributed by atoms with Gasteiger partial charge in [-0.2, -0.15) is 0 Å². The number of methoxy groups -OCH3 is 1. The largest absolute Gasteiger partial charge is 0.466 e. The van der Waals surface area contributed by atoms with E-state index >= 15 is 0 Å². The lowest BCUT2D eigenvalue weighted by Gasteiger charge is -2.40. The van der Waals surface area contributed by atoms with Gasteiger partial charge in [0, 0.05) is 12.6 Å². The number of piperidine rings is 3. The number of nitrogens with zero attached hydrogens (tertiary/aromatic N) is 1. The predicted molar refractivity (Wildman–Crippen MR) is 56.5 cm³/mol. The molecule has 3 nitrogen and oxygen atoms in total. The molecule has 0 N–H and O–H groups in total. The van der Waals surface area contributed by atoms with Gasteiger partial charge >= 0.3 is 5.97 Å². The Balaban J connectivity index is 0.000000980. The molecule has 3 aliphatic rings. The third-order valence-electron chi connectivity index (χ3n) is 3.02. The minimum Gasteiger partial charge on any atom is -0.466 e. The van der Waals surface area contributed by atoms with E-state index < -0.39 is 0 Å². The topological polar surface area (TPSA) is 29.5 Å². The van der Waals surface area contributed by atoms with Gasteiger partial charge in [0.2, 0.25) is 0 Å². The number of rotatable bonds is 1. The van der Waals surface area contributed by atoms with Gasteiger partial charge in [-0.3, -0.25) is 4.90 Å². The van der Waals surface area contributed by atoms with Crippen molar-refractivity contribution in [3.05, 3.63) is 11.6 Å². The van der Waals surface area contributed by atoms with Crippen LogP contribution in [0.15, 0.2) is 11.6 Å². The van der Waals surface area contributed by atoms with Crippen LogP contribution in [0.5, 0.6) is 0 Å². The molecular weight excluding hydrogens is 202 g/mol. The van der Waals surface area contributed by atoms with Gasteiger partial charge in [0.25, 0.3) is 0 Å². The maximum Gasteiger partial charge on any atom is 0.330 e. The van der Waals surface area contributed by atoms with Crippen LogP contribution in [-0.4, -0.2) is 37.6 Å². The zero-order chi connectivity index (χ0) is 9.26. The summed E-state index contributed by atoms with van der Waals surface area (Å²) in [7, 11) is 1.43. The minimum absolute atomic E-state index is 0. The van der Waals surface area contributed by atoms with Gasteiger partial charge in [0.05, 0.1) is 7.11 Å². The number of esters is 1. The summed E-state index contributed by atoms with van der Waals surface area (Å²) >= 11 is 0. The summed E-state index contributed by atoms with van der Waals surface area (Å²) in [5.41, 5.74) is 1.27. The molecule has 0 aliphatic carbocycles. The molecule has 0 atom stereocenters. The van der Waals surface area contributed by atoms with Crippen molar-refractivity contribution in [3.63, 3.8) is 0 Å². The van der Waals surface area contributed by atoms with Crippen LogP contribution in [0.1, 0.15) is 12.8 Å². The molecule has 0 radical (unpaired) electrons. The van der Waals surface area contributed by atoms with Crippen molar-refractivity contribution in [1.82, 2.24) is 4.90 Å². The molecule has 3 saturated heterocycles. The Morgan fingerprint density at radius 3 is 2.57 bits per heavy atom. The second kappa shape index (κ2) is 4.80. The summed E-state index contributed by atoms with van der Waals surface area (Å²) in [4.78, 5) is 13.4. The van der Waals surface area contributed by atoms with Crippen molar-refractivity contribution in [1.29, 1.82) is 0 Å². The third-order valence-corrected chi connectivity index (χ3v) is 3.02. The molecule has 0 unspecified atom stereocenters. The maximum atomic E-state index is 11.0. The maximum absolute atomic E-state index is 11.0. The second-order valence-electron chi connectivity index (χ2n) is 3.79. The molecule has 3 heterocycles. The highest BCUT2D eigenvalue weighted by Crippen LogP contribution is 2.31. The highest BCUT2D eigenvalue weighted by atomic mass is 35.5. The number of ether oxygens (including phenoxy) is 1. The summed E-state index contributed by atoms with van der Waals surface area (Å²) in [5.74, 6) is 0.438. The van der Waals surface area contributed by atoms with Gasteiger partial charge < -0.3 is 4.74 Å². The molecule has 3 rings (SSSR count). The third kappa shape index (κ3) is 2.28. The molecule has 0 saturated carbocycles. The lowest BCUT2D eigenvalue weighted by atomic mass is 9.83. The Hall–Kier alpha value is -0.540. The van der Waals surface area contributed by atoms with Crippen LogP contribution in [0, 0.1) is 5.92 Å². The van der Waals surface area contributed by atoms with Crippen LogP contribution < -0.4 is 0 Å². The normalized spacial score (nSPS) is 32.5. The fourth-order valence-electron chi connectivity index (χ4n) is 2.22. The molecule has 0 spiro atoms. The second-order valence-corrected chi connectivity index (χ2v) is 3.79. The number of halogens is 1. The summed E-state index contributed by atoms with van der Waals surface area (Å²) in [6.45, 7) is 3.37. The molecule has 80 valence electrons. The Morgan fingerprint density at radius 1 is 1.50 bits per heavy atom. The zero-order valence-corrected chi connectivity index (χ0v) is 9.18.